The van der Waals surface area contributed by atoms with Crippen molar-refractivity contribution < 1.29 is 13.5 Å². The van der Waals surface area contributed by atoms with E-state index in [0.29, 0.717) is 19.6 Å². The zero-order valence-corrected chi connectivity index (χ0v) is 11.2. The van der Waals surface area contributed by atoms with E-state index < -0.39 is 16.3 Å². The molecule has 0 saturated carbocycles. The molecule has 2 aliphatic heterocycles. The molecule has 100 valence electrons. The van der Waals surface area contributed by atoms with E-state index in [-0.39, 0.29) is 12.5 Å². The van der Waals surface area contributed by atoms with Crippen molar-refractivity contribution in [2.75, 3.05) is 26.2 Å². The lowest BCUT2D eigenvalue weighted by Gasteiger charge is -2.37. The van der Waals surface area contributed by atoms with Crippen LogP contribution in [-0.4, -0.2) is 54.4 Å². The van der Waals surface area contributed by atoms with Crippen molar-refractivity contribution in [1.29, 1.82) is 0 Å². The van der Waals surface area contributed by atoms with Gasteiger partial charge in [0.05, 0.1) is 6.10 Å². The molecule has 0 aromatic heterocycles. The van der Waals surface area contributed by atoms with E-state index in [0.717, 1.165) is 25.7 Å². The third-order valence-corrected chi connectivity index (χ3v) is 5.85. The number of nitrogens with zero attached hydrogens (tertiary/aromatic N) is 2. The SMILES string of the molecule is CC1CCN(S(=O)(=O)N2CCCCC2)CC1O. The first-order valence-corrected chi connectivity index (χ1v) is 7.85. The van der Waals surface area contributed by atoms with Gasteiger partial charge in [0.2, 0.25) is 0 Å². The smallest absolute Gasteiger partial charge is 0.282 e. The second-order valence-electron chi connectivity index (χ2n) is 5.16. The second kappa shape index (κ2) is 5.22. The molecular weight excluding hydrogens is 240 g/mol. The Morgan fingerprint density at radius 2 is 1.71 bits per heavy atom. The largest absolute Gasteiger partial charge is 0.391 e. The summed E-state index contributed by atoms with van der Waals surface area (Å²) in [7, 11) is -3.33. The Bertz CT molecular complexity index is 352. The first-order valence-electron chi connectivity index (χ1n) is 6.45. The van der Waals surface area contributed by atoms with Gasteiger partial charge in [-0.3, -0.25) is 0 Å². The van der Waals surface area contributed by atoms with Crippen molar-refractivity contribution in [3.8, 4) is 0 Å². The number of hydrogen-bond acceptors (Lipinski definition) is 3. The summed E-state index contributed by atoms with van der Waals surface area (Å²) in [4.78, 5) is 0. The summed E-state index contributed by atoms with van der Waals surface area (Å²) in [6.45, 7) is 4.02. The van der Waals surface area contributed by atoms with Crippen molar-refractivity contribution in [1.82, 2.24) is 8.61 Å². The first kappa shape index (κ1) is 13.3. The predicted molar refractivity (Wildman–Crippen MR) is 65.7 cm³/mol. The summed E-state index contributed by atoms with van der Waals surface area (Å²) in [5.74, 6) is 0.197. The van der Waals surface area contributed by atoms with Crippen LogP contribution in [0.3, 0.4) is 0 Å². The zero-order valence-electron chi connectivity index (χ0n) is 10.4. The van der Waals surface area contributed by atoms with Gasteiger partial charge in [-0.15, -0.1) is 0 Å². The maximum atomic E-state index is 12.3. The van der Waals surface area contributed by atoms with Gasteiger partial charge in [-0.05, 0) is 25.2 Å². The molecule has 0 spiro atoms. The molecule has 2 atom stereocenters. The fourth-order valence-corrected chi connectivity index (χ4v) is 4.21. The molecule has 2 fully saturated rings. The van der Waals surface area contributed by atoms with E-state index in [1.807, 2.05) is 6.92 Å². The average Bonchev–Trinajstić information content (AvgIpc) is 2.33. The highest BCUT2D eigenvalue weighted by atomic mass is 32.2. The van der Waals surface area contributed by atoms with E-state index in [9.17, 15) is 13.5 Å². The van der Waals surface area contributed by atoms with Crippen molar-refractivity contribution >= 4 is 10.2 Å². The molecule has 17 heavy (non-hydrogen) atoms. The molecule has 0 aliphatic carbocycles. The lowest BCUT2D eigenvalue weighted by Crippen LogP contribution is -2.52. The Morgan fingerprint density at radius 1 is 1.06 bits per heavy atom. The molecule has 0 amide bonds. The fourth-order valence-electron chi connectivity index (χ4n) is 2.49. The van der Waals surface area contributed by atoms with Crippen molar-refractivity contribution in [3.05, 3.63) is 0 Å². The third-order valence-electron chi connectivity index (χ3n) is 3.85. The van der Waals surface area contributed by atoms with Gasteiger partial charge in [-0.1, -0.05) is 13.3 Å². The molecule has 0 aromatic rings. The average molecular weight is 262 g/mol. The molecule has 6 heteroatoms. The zero-order chi connectivity index (χ0) is 12.5. The Kier molecular flexibility index (Phi) is 4.07. The third kappa shape index (κ3) is 2.81. The Balaban J connectivity index is 2.04. The van der Waals surface area contributed by atoms with Crippen LogP contribution < -0.4 is 0 Å². The highest BCUT2D eigenvalue weighted by molar-refractivity contribution is 7.86. The maximum absolute atomic E-state index is 12.3. The minimum absolute atomic E-state index is 0.197. The first-order chi connectivity index (χ1) is 8.01. The van der Waals surface area contributed by atoms with Crippen molar-refractivity contribution in [2.24, 2.45) is 5.92 Å². The Labute approximate surface area is 104 Å². The molecule has 0 radical (unpaired) electrons. The highest BCUT2D eigenvalue weighted by Gasteiger charge is 2.35. The molecule has 1 N–H and O–H groups in total. The minimum atomic E-state index is -3.33. The van der Waals surface area contributed by atoms with E-state index >= 15 is 0 Å². The summed E-state index contributed by atoms with van der Waals surface area (Å²) in [5.41, 5.74) is 0. The van der Waals surface area contributed by atoms with Gasteiger partial charge in [0.25, 0.3) is 10.2 Å². The molecule has 2 heterocycles. The number of rotatable bonds is 2. The van der Waals surface area contributed by atoms with Gasteiger partial charge in [0, 0.05) is 26.2 Å². The lowest BCUT2D eigenvalue weighted by atomic mass is 9.98. The second-order valence-corrected chi connectivity index (χ2v) is 7.09. The molecule has 2 aliphatic rings. The minimum Gasteiger partial charge on any atom is -0.391 e. The standard InChI is InChI=1S/C11H22N2O3S/c1-10-5-8-13(9-11(10)14)17(15,16)12-6-3-2-4-7-12/h10-11,14H,2-9H2,1H3. The van der Waals surface area contributed by atoms with E-state index in [1.165, 1.54) is 4.31 Å². The topological polar surface area (TPSA) is 60.9 Å². The van der Waals surface area contributed by atoms with Crippen LogP contribution in [0.5, 0.6) is 0 Å². The van der Waals surface area contributed by atoms with Gasteiger partial charge in [0.1, 0.15) is 0 Å². The van der Waals surface area contributed by atoms with E-state index in [4.69, 9.17) is 0 Å². The van der Waals surface area contributed by atoms with Crippen LogP contribution in [0, 0.1) is 5.92 Å². The number of piperidine rings is 2. The van der Waals surface area contributed by atoms with Gasteiger partial charge in [-0.2, -0.15) is 17.0 Å². The number of aliphatic hydroxyl groups excluding tert-OH is 1. The number of aliphatic hydroxyl groups is 1. The molecular formula is C11H22N2O3S. The molecule has 2 saturated heterocycles. The maximum Gasteiger partial charge on any atom is 0.282 e. The van der Waals surface area contributed by atoms with Crippen LogP contribution in [0.1, 0.15) is 32.6 Å². The monoisotopic (exact) mass is 262 g/mol. The van der Waals surface area contributed by atoms with Crippen LogP contribution in [0.15, 0.2) is 0 Å². The molecule has 2 unspecified atom stereocenters. The van der Waals surface area contributed by atoms with Gasteiger partial charge in [-0.25, -0.2) is 0 Å². The molecule has 5 nitrogen and oxygen atoms in total. The van der Waals surface area contributed by atoms with Crippen molar-refractivity contribution in [3.63, 3.8) is 0 Å². The van der Waals surface area contributed by atoms with Gasteiger partial charge < -0.3 is 5.11 Å². The van der Waals surface area contributed by atoms with Crippen molar-refractivity contribution in [2.45, 2.75) is 38.7 Å². The van der Waals surface area contributed by atoms with Crippen LogP contribution in [0.4, 0.5) is 0 Å². The summed E-state index contributed by atoms with van der Waals surface area (Å²) in [6, 6.07) is 0. The fraction of sp³-hybridized carbons (Fsp3) is 1.00. The Hall–Kier alpha value is -0.170. The van der Waals surface area contributed by atoms with Gasteiger partial charge in [0.15, 0.2) is 0 Å². The highest BCUT2D eigenvalue weighted by Crippen LogP contribution is 2.23. The van der Waals surface area contributed by atoms with Crippen LogP contribution >= 0.6 is 0 Å². The summed E-state index contributed by atoms with van der Waals surface area (Å²) in [5, 5.41) is 9.79. The van der Waals surface area contributed by atoms with Crippen LogP contribution in [0.2, 0.25) is 0 Å². The quantitative estimate of drug-likeness (QED) is 0.784. The Morgan fingerprint density at radius 3 is 2.29 bits per heavy atom. The number of hydrogen-bond donors (Lipinski definition) is 1. The van der Waals surface area contributed by atoms with Gasteiger partial charge >= 0.3 is 0 Å². The normalized spacial score (nSPS) is 33.8. The summed E-state index contributed by atoms with van der Waals surface area (Å²) < 4.78 is 27.7. The lowest BCUT2D eigenvalue weighted by molar-refractivity contribution is 0.0578. The molecule has 0 aromatic carbocycles. The van der Waals surface area contributed by atoms with Crippen LogP contribution in [0.25, 0.3) is 0 Å². The molecule has 2 rings (SSSR count). The summed E-state index contributed by atoms with van der Waals surface area (Å²) >= 11 is 0. The van der Waals surface area contributed by atoms with E-state index in [2.05, 4.69) is 0 Å². The molecule has 0 bridgehead atoms. The van der Waals surface area contributed by atoms with E-state index in [1.54, 1.807) is 4.31 Å². The number of β-amino-alcohol motifs (C(OH)–C–C–N with tert-alkyl or cyclic N) is 1. The van der Waals surface area contributed by atoms with Crippen LogP contribution in [-0.2, 0) is 10.2 Å². The summed E-state index contributed by atoms with van der Waals surface area (Å²) in [6.07, 6.45) is 3.24. The predicted octanol–water partition coefficient (Wildman–Crippen LogP) is 0.420.